The van der Waals surface area contributed by atoms with Gasteiger partial charge >= 0.3 is 7.12 Å². The van der Waals surface area contributed by atoms with Crippen LogP contribution in [-0.4, -0.2) is 18.3 Å². The Bertz CT molecular complexity index is 447. The number of hydrogen-bond donors (Lipinski definition) is 0. The Hall–Kier alpha value is -1.06. The first kappa shape index (κ1) is 14.4. The molecule has 1 aromatic carbocycles. The molecule has 2 nitrogen and oxygen atoms in total. The predicted octanol–water partition coefficient (Wildman–Crippen LogP) is 4.11. The Morgan fingerprint density at radius 3 is 2.05 bits per heavy atom. The van der Waals surface area contributed by atoms with E-state index in [4.69, 9.17) is 9.31 Å². The van der Waals surface area contributed by atoms with Crippen molar-refractivity contribution in [3.05, 3.63) is 41.9 Å². The lowest BCUT2D eigenvalue weighted by molar-refractivity contribution is 0.00578. The molecule has 19 heavy (non-hydrogen) atoms. The van der Waals surface area contributed by atoms with Gasteiger partial charge in [0, 0.05) is 0 Å². The molecule has 1 heterocycles. The maximum atomic E-state index is 6.02. The summed E-state index contributed by atoms with van der Waals surface area (Å²) < 4.78 is 12.0. The molecule has 3 heteroatoms. The van der Waals surface area contributed by atoms with E-state index in [-0.39, 0.29) is 18.3 Å². The molecule has 0 amide bonds. The third-order valence-electron chi connectivity index (χ3n) is 4.13. The minimum Gasteiger partial charge on any atom is -0.400 e. The Balaban J connectivity index is 2.22. The first-order valence-corrected chi connectivity index (χ1v) is 6.97. The highest BCUT2D eigenvalue weighted by Crippen LogP contribution is 2.37. The first-order chi connectivity index (χ1) is 8.86. The van der Waals surface area contributed by atoms with Crippen LogP contribution in [0.5, 0.6) is 0 Å². The summed E-state index contributed by atoms with van der Waals surface area (Å²) in [6.07, 6.45) is 0.966. The van der Waals surface area contributed by atoms with Crippen LogP contribution in [0.2, 0.25) is 0 Å². The average Bonchev–Trinajstić information content (AvgIpc) is 2.56. The highest BCUT2D eigenvalue weighted by Gasteiger charge is 2.50. The van der Waals surface area contributed by atoms with E-state index in [1.165, 1.54) is 11.1 Å². The molecule has 0 aliphatic carbocycles. The molecule has 0 atom stereocenters. The SMILES string of the molecule is CC/C(=C/B1OC(C)(C)C(C)(C)O1)c1ccccc1. The summed E-state index contributed by atoms with van der Waals surface area (Å²) in [5.74, 6) is 2.10. The van der Waals surface area contributed by atoms with E-state index in [1.54, 1.807) is 0 Å². The second-order valence-corrected chi connectivity index (χ2v) is 6.04. The third-order valence-corrected chi connectivity index (χ3v) is 4.13. The quantitative estimate of drug-likeness (QED) is 0.759. The molecule has 1 aromatic rings. The molecule has 0 spiro atoms. The van der Waals surface area contributed by atoms with Gasteiger partial charge in [-0.1, -0.05) is 43.2 Å². The molecule has 0 saturated carbocycles. The highest BCUT2D eigenvalue weighted by molar-refractivity contribution is 6.53. The summed E-state index contributed by atoms with van der Waals surface area (Å²) in [5, 5.41) is 0. The topological polar surface area (TPSA) is 18.5 Å². The van der Waals surface area contributed by atoms with E-state index in [0.29, 0.717) is 0 Å². The van der Waals surface area contributed by atoms with Crippen molar-refractivity contribution in [1.29, 1.82) is 0 Å². The molecule has 1 aliphatic heterocycles. The van der Waals surface area contributed by atoms with E-state index in [1.807, 2.05) is 6.07 Å². The second-order valence-electron chi connectivity index (χ2n) is 6.04. The summed E-state index contributed by atoms with van der Waals surface area (Å²) in [7, 11) is -0.264. The van der Waals surface area contributed by atoms with Gasteiger partial charge in [0.2, 0.25) is 0 Å². The summed E-state index contributed by atoms with van der Waals surface area (Å²) >= 11 is 0. The molecular formula is C16H23BO2. The third kappa shape index (κ3) is 2.93. The largest absolute Gasteiger partial charge is 0.487 e. The molecule has 0 aromatic heterocycles. The van der Waals surface area contributed by atoms with Crippen molar-refractivity contribution in [2.75, 3.05) is 0 Å². The van der Waals surface area contributed by atoms with Crippen LogP contribution < -0.4 is 0 Å². The summed E-state index contributed by atoms with van der Waals surface area (Å²) in [6.45, 7) is 10.5. The van der Waals surface area contributed by atoms with E-state index >= 15 is 0 Å². The van der Waals surface area contributed by atoms with Gasteiger partial charge in [-0.3, -0.25) is 0 Å². The van der Waals surface area contributed by atoms with Crippen LogP contribution in [0.4, 0.5) is 0 Å². The molecular weight excluding hydrogens is 235 g/mol. The summed E-state index contributed by atoms with van der Waals surface area (Å²) in [4.78, 5) is 0. The van der Waals surface area contributed by atoms with Gasteiger partial charge < -0.3 is 9.31 Å². The number of allylic oxidation sites excluding steroid dienone is 1. The van der Waals surface area contributed by atoms with Gasteiger partial charge in [-0.2, -0.15) is 0 Å². The fourth-order valence-electron chi connectivity index (χ4n) is 2.19. The summed E-state index contributed by atoms with van der Waals surface area (Å²) in [5.41, 5.74) is 1.95. The predicted molar refractivity (Wildman–Crippen MR) is 80.8 cm³/mol. The molecule has 1 fully saturated rings. The van der Waals surface area contributed by atoms with Gasteiger partial charge in [-0.15, -0.1) is 0 Å². The monoisotopic (exact) mass is 258 g/mol. The number of benzene rings is 1. The molecule has 2 rings (SSSR count). The van der Waals surface area contributed by atoms with Crippen molar-refractivity contribution in [2.45, 2.75) is 52.2 Å². The van der Waals surface area contributed by atoms with Crippen LogP contribution in [0.15, 0.2) is 36.3 Å². The van der Waals surface area contributed by atoms with Gasteiger partial charge in [0.25, 0.3) is 0 Å². The van der Waals surface area contributed by atoms with Crippen LogP contribution in [0.3, 0.4) is 0 Å². The van der Waals surface area contributed by atoms with Crippen molar-refractivity contribution in [3.8, 4) is 0 Å². The minimum absolute atomic E-state index is 0.264. The Morgan fingerprint density at radius 2 is 1.58 bits per heavy atom. The van der Waals surface area contributed by atoms with Crippen LogP contribution in [-0.2, 0) is 9.31 Å². The zero-order valence-electron chi connectivity index (χ0n) is 12.6. The fourth-order valence-corrected chi connectivity index (χ4v) is 2.19. The average molecular weight is 258 g/mol. The minimum atomic E-state index is -0.274. The van der Waals surface area contributed by atoms with Gasteiger partial charge in [0.1, 0.15) is 0 Å². The zero-order valence-corrected chi connectivity index (χ0v) is 12.6. The Labute approximate surface area is 117 Å². The van der Waals surface area contributed by atoms with E-state index in [2.05, 4.69) is 64.9 Å². The van der Waals surface area contributed by atoms with Crippen LogP contribution >= 0.6 is 0 Å². The lowest BCUT2D eigenvalue weighted by Gasteiger charge is -2.32. The molecule has 0 unspecified atom stereocenters. The maximum Gasteiger partial charge on any atom is 0.487 e. The molecule has 1 aliphatic rings. The Kier molecular flexibility index (Phi) is 3.89. The van der Waals surface area contributed by atoms with Crippen molar-refractivity contribution in [1.82, 2.24) is 0 Å². The van der Waals surface area contributed by atoms with Crippen molar-refractivity contribution in [2.24, 2.45) is 0 Å². The van der Waals surface area contributed by atoms with Crippen molar-refractivity contribution >= 4 is 12.7 Å². The number of rotatable bonds is 3. The fraction of sp³-hybridized carbons (Fsp3) is 0.500. The molecule has 0 N–H and O–H groups in total. The van der Waals surface area contributed by atoms with Crippen molar-refractivity contribution < 1.29 is 9.31 Å². The smallest absolute Gasteiger partial charge is 0.400 e. The lowest BCUT2D eigenvalue weighted by atomic mass is 9.84. The lowest BCUT2D eigenvalue weighted by Crippen LogP contribution is -2.41. The normalized spacial score (nSPS) is 21.7. The van der Waals surface area contributed by atoms with Crippen LogP contribution in [0, 0.1) is 0 Å². The van der Waals surface area contributed by atoms with E-state index in [9.17, 15) is 0 Å². The van der Waals surface area contributed by atoms with Gasteiger partial charge in [0.15, 0.2) is 0 Å². The summed E-state index contributed by atoms with van der Waals surface area (Å²) in [6, 6.07) is 10.4. The maximum absolute atomic E-state index is 6.02. The first-order valence-electron chi connectivity index (χ1n) is 6.97. The molecule has 1 saturated heterocycles. The standard InChI is InChI=1S/C16H23BO2/c1-6-13(14-10-8-7-9-11-14)12-17-18-15(2,3)16(4,5)19-17/h7-12H,6H2,1-5H3/b13-12-. The van der Waals surface area contributed by atoms with Gasteiger partial charge in [-0.05, 0) is 45.3 Å². The second kappa shape index (κ2) is 5.14. The van der Waals surface area contributed by atoms with Gasteiger partial charge in [-0.25, -0.2) is 0 Å². The molecule has 0 bridgehead atoms. The van der Waals surface area contributed by atoms with Crippen molar-refractivity contribution in [3.63, 3.8) is 0 Å². The number of hydrogen-bond acceptors (Lipinski definition) is 2. The molecule has 0 radical (unpaired) electrons. The van der Waals surface area contributed by atoms with Crippen LogP contribution in [0.25, 0.3) is 5.57 Å². The van der Waals surface area contributed by atoms with E-state index in [0.717, 1.165) is 6.42 Å². The van der Waals surface area contributed by atoms with Gasteiger partial charge in [0.05, 0.1) is 11.2 Å². The highest BCUT2D eigenvalue weighted by atomic mass is 16.7. The Morgan fingerprint density at radius 1 is 1.05 bits per heavy atom. The van der Waals surface area contributed by atoms with Crippen LogP contribution in [0.1, 0.15) is 46.6 Å². The zero-order chi connectivity index (χ0) is 14.1. The van der Waals surface area contributed by atoms with E-state index < -0.39 is 0 Å². The molecule has 102 valence electrons.